The minimum atomic E-state index is -0.395. The maximum atomic E-state index is 12.0. The maximum absolute atomic E-state index is 12.0. The molecule has 2 aromatic rings. The Hall–Kier alpha value is -2.40. The molecule has 0 fully saturated rings. The number of anilines is 1. The second-order valence-electron chi connectivity index (χ2n) is 5.01. The molecule has 0 radical (unpaired) electrons. The Bertz CT molecular complexity index is 681. The molecule has 6 heteroatoms. The molecule has 0 saturated carbocycles. The van der Waals surface area contributed by atoms with Gasteiger partial charge >= 0.3 is 6.03 Å². The molecule has 0 heterocycles. The minimum Gasteiger partial charge on any atom is -0.493 e. The largest absolute Gasteiger partial charge is 0.493 e. The van der Waals surface area contributed by atoms with Crippen LogP contribution in [0, 0.1) is 13.8 Å². The van der Waals surface area contributed by atoms with Gasteiger partial charge in [-0.3, -0.25) is 0 Å². The number of halogens is 1. The Labute approximate surface area is 140 Å². The zero-order valence-electron chi connectivity index (χ0n) is 13.3. The van der Waals surface area contributed by atoms with E-state index < -0.39 is 6.03 Å². The second-order valence-corrected chi connectivity index (χ2v) is 5.42. The summed E-state index contributed by atoms with van der Waals surface area (Å²) in [6.45, 7) is 3.85. The molecular weight excluding hydrogens is 316 g/mol. The van der Waals surface area contributed by atoms with Gasteiger partial charge in [0.2, 0.25) is 0 Å². The zero-order valence-corrected chi connectivity index (χ0v) is 14.0. The first-order valence-electron chi connectivity index (χ1n) is 7.08. The van der Waals surface area contributed by atoms with Gasteiger partial charge in [-0.2, -0.15) is 0 Å². The fourth-order valence-electron chi connectivity index (χ4n) is 2.15. The van der Waals surface area contributed by atoms with Crippen molar-refractivity contribution >= 4 is 23.3 Å². The number of hydrogen-bond donors (Lipinski definition) is 2. The van der Waals surface area contributed by atoms with Crippen LogP contribution in [-0.2, 0) is 0 Å². The maximum Gasteiger partial charge on any atom is 0.321 e. The summed E-state index contributed by atoms with van der Waals surface area (Å²) < 4.78 is 10.7. The van der Waals surface area contributed by atoms with Gasteiger partial charge in [0.15, 0.2) is 18.2 Å². The van der Waals surface area contributed by atoms with E-state index >= 15 is 0 Å². The van der Waals surface area contributed by atoms with E-state index in [4.69, 9.17) is 21.1 Å². The monoisotopic (exact) mass is 334 g/mol. The van der Waals surface area contributed by atoms with Gasteiger partial charge in [0.1, 0.15) is 0 Å². The van der Waals surface area contributed by atoms with Crippen LogP contribution in [0.25, 0.3) is 0 Å². The van der Waals surface area contributed by atoms with E-state index in [2.05, 4.69) is 10.6 Å². The summed E-state index contributed by atoms with van der Waals surface area (Å²) in [6.07, 6.45) is 0. The fraction of sp³-hybridized carbons (Fsp3) is 0.235. The van der Waals surface area contributed by atoms with E-state index in [1.165, 1.54) is 0 Å². The summed E-state index contributed by atoms with van der Waals surface area (Å²) in [7, 11) is 1.56. The summed E-state index contributed by atoms with van der Waals surface area (Å²) in [5, 5.41) is 5.84. The first kappa shape index (κ1) is 17.0. The molecule has 0 aliphatic heterocycles. The number of urea groups is 1. The number of hydrogen-bond acceptors (Lipinski definition) is 3. The number of carbonyl (C=O) groups is 1. The molecule has 0 aliphatic rings. The summed E-state index contributed by atoms with van der Waals surface area (Å²) in [5.74, 6) is 1.16. The van der Waals surface area contributed by atoms with Crippen molar-refractivity contribution in [2.24, 2.45) is 0 Å². The number of nitrogens with one attached hydrogen (secondary N) is 2. The van der Waals surface area contributed by atoms with Gasteiger partial charge in [0, 0.05) is 0 Å². The van der Waals surface area contributed by atoms with Crippen LogP contribution in [0.4, 0.5) is 10.5 Å². The Morgan fingerprint density at radius 3 is 2.52 bits per heavy atom. The molecule has 0 aliphatic carbocycles. The number of methoxy groups -OCH3 is 1. The number of carbonyl (C=O) groups excluding carboxylic acids is 1. The third-order valence-electron chi connectivity index (χ3n) is 3.20. The van der Waals surface area contributed by atoms with Crippen molar-refractivity contribution in [2.75, 3.05) is 19.2 Å². The molecule has 0 unspecified atom stereocenters. The molecule has 2 aromatic carbocycles. The smallest absolute Gasteiger partial charge is 0.321 e. The van der Waals surface area contributed by atoms with Crippen molar-refractivity contribution in [2.45, 2.75) is 13.8 Å². The molecule has 122 valence electrons. The average molecular weight is 335 g/mol. The molecule has 2 amide bonds. The Morgan fingerprint density at radius 1 is 1.17 bits per heavy atom. The Balaban J connectivity index is 1.91. The van der Waals surface area contributed by atoms with Crippen LogP contribution in [0.2, 0.25) is 5.02 Å². The standard InChI is InChI=1S/C17H19ClN2O3/c1-11-8-12(2)16(13(18)9-11)20-17(21)19-10-23-15-7-5-4-6-14(15)22-3/h4-9H,10H2,1-3H3,(H2,19,20,21). The number of amides is 2. The van der Waals surface area contributed by atoms with E-state index in [0.717, 1.165) is 11.1 Å². The van der Waals surface area contributed by atoms with E-state index in [1.807, 2.05) is 32.0 Å². The van der Waals surface area contributed by atoms with Gasteiger partial charge in [0.25, 0.3) is 0 Å². The van der Waals surface area contributed by atoms with Crippen LogP contribution in [0.3, 0.4) is 0 Å². The van der Waals surface area contributed by atoms with Crippen molar-refractivity contribution < 1.29 is 14.3 Å². The van der Waals surface area contributed by atoms with Crippen molar-refractivity contribution in [1.82, 2.24) is 5.32 Å². The number of rotatable bonds is 5. The van der Waals surface area contributed by atoms with E-state index in [-0.39, 0.29) is 6.73 Å². The molecule has 0 atom stereocenters. The highest BCUT2D eigenvalue weighted by Crippen LogP contribution is 2.27. The van der Waals surface area contributed by atoms with E-state index in [1.54, 1.807) is 25.3 Å². The first-order chi connectivity index (χ1) is 11.0. The van der Waals surface area contributed by atoms with Crippen molar-refractivity contribution in [3.63, 3.8) is 0 Å². The minimum absolute atomic E-state index is 0.00867. The van der Waals surface area contributed by atoms with Crippen molar-refractivity contribution in [3.05, 3.63) is 52.5 Å². The number of ether oxygens (including phenoxy) is 2. The molecule has 0 bridgehead atoms. The lowest BCUT2D eigenvalue weighted by Crippen LogP contribution is -2.32. The third-order valence-corrected chi connectivity index (χ3v) is 3.50. The molecule has 2 N–H and O–H groups in total. The van der Waals surface area contributed by atoms with Crippen LogP contribution < -0.4 is 20.1 Å². The zero-order chi connectivity index (χ0) is 16.8. The highest BCUT2D eigenvalue weighted by molar-refractivity contribution is 6.34. The summed E-state index contributed by atoms with van der Waals surface area (Å²) in [4.78, 5) is 12.0. The third kappa shape index (κ3) is 4.53. The van der Waals surface area contributed by atoms with Crippen LogP contribution in [-0.4, -0.2) is 19.9 Å². The lowest BCUT2D eigenvalue weighted by Gasteiger charge is -2.14. The summed E-state index contributed by atoms with van der Waals surface area (Å²) in [6, 6.07) is 10.6. The number of benzene rings is 2. The predicted molar refractivity (Wildman–Crippen MR) is 91.6 cm³/mol. The lowest BCUT2D eigenvalue weighted by atomic mass is 10.1. The van der Waals surface area contributed by atoms with Crippen LogP contribution in [0.1, 0.15) is 11.1 Å². The lowest BCUT2D eigenvalue weighted by molar-refractivity contribution is 0.231. The highest BCUT2D eigenvalue weighted by atomic mass is 35.5. The first-order valence-corrected chi connectivity index (χ1v) is 7.46. The van der Waals surface area contributed by atoms with Gasteiger partial charge < -0.3 is 20.1 Å². The van der Waals surface area contributed by atoms with Gasteiger partial charge in [-0.05, 0) is 43.2 Å². The topological polar surface area (TPSA) is 59.6 Å². The van der Waals surface area contributed by atoms with Gasteiger partial charge in [-0.25, -0.2) is 4.79 Å². The number of para-hydroxylation sites is 2. The number of aryl methyl sites for hydroxylation is 2. The molecule has 5 nitrogen and oxygen atoms in total. The molecule has 0 spiro atoms. The summed E-state index contributed by atoms with van der Waals surface area (Å²) in [5.41, 5.74) is 2.53. The van der Waals surface area contributed by atoms with Crippen LogP contribution in [0.5, 0.6) is 11.5 Å². The Morgan fingerprint density at radius 2 is 1.87 bits per heavy atom. The van der Waals surface area contributed by atoms with Gasteiger partial charge in [0.05, 0.1) is 17.8 Å². The van der Waals surface area contributed by atoms with E-state index in [0.29, 0.717) is 22.2 Å². The fourth-order valence-corrected chi connectivity index (χ4v) is 2.52. The van der Waals surface area contributed by atoms with E-state index in [9.17, 15) is 4.79 Å². The second kappa shape index (κ2) is 7.74. The summed E-state index contributed by atoms with van der Waals surface area (Å²) >= 11 is 6.16. The highest BCUT2D eigenvalue weighted by Gasteiger charge is 2.09. The molecular formula is C17H19ClN2O3. The molecule has 0 saturated heterocycles. The predicted octanol–water partition coefficient (Wildman–Crippen LogP) is 4.12. The molecule has 2 rings (SSSR count). The molecule has 23 heavy (non-hydrogen) atoms. The van der Waals surface area contributed by atoms with Crippen LogP contribution in [0.15, 0.2) is 36.4 Å². The van der Waals surface area contributed by atoms with Crippen molar-refractivity contribution in [1.29, 1.82) is 0 Å². The average Bonchev–Trinajstić information content (AvgIpc) is 2.51. The molecule has 0 aromatic heterocycles. The quantitative estimate of drug-likeness (QED) is 0.808. The normalized spacial score (nSPS) is 10.1. The van der Waals surface area contributed by atoms with Gasteiger partial charge in [-0.15, -0.1) is 0 Å². The van der Waals surface area contributed by atoms with Gasteiger partial charge in [-0.1, -0.05) is 29.8 Å². The van der Waals surface area contributed by atoms with Crippen molar-refractivity contribution in [3.8, 4) is 11.5 Å². The SMILES string of the molecule is COc1ccccc1OCNC(=O)Nc1c(C)cc(C)cc1Cl. The Kier molecular flexibility index (Phi) is 5.71. The van der Waals surface area contributed by atoms with Crippen LogP contribution >= 0.6 is 11.6 Å².